The van der Waals surface area contributed by atoms with Gasteiger partial charge in [0.2, 0.25) is 0 Å². The van der Waals surface area contributed by atoms with Crippen molar-refractivity contribution in [1.82, 2.24) is 10.6 Å². The first kappa shape index (κ1) is 23.1. The summed E-state index contributed by atoms with van der Waals surface area (Å²) in [4.78, 5) is 15.0. The predicted molar refractivity (Wildman–Crippen MR) is 125 cm³/mol. The van der Waals surface area contributed by atoms with Gasteiger partial charge in [-0.2, -0.15) is 0 Å². The molecule has 156 valence electrons. The van der Waals surface area contributed by atoms with Crippen molar-refractivity contribution in [3.63, 3.8) is 0 Å². The molecular weight excluding hydrogens is 483 g/mol. The van der Waals surface area contributed by atoms with E-state index < -0.39 is 4.92 Å². The van der Waals surface area contributed by atoms with Gasteiger partial charge in [0.25, 0.3) is 5.69 Å². The van der Waals surface area contributed by atoms with Crippen LogP contribution in [0.2, 0.25) is 0 Å². The third-order valence-corrected chi connectivity index (χ3v) is 4.80. The van der Waals surface area contributed by atoms with Gasteiger partial charge < -0.3 is 15.4 Å². The number of nitrogens with one attached hydrogen (secondary N) is 2. The number of hydrogen-bond donors (Lipinski definition) is 2. The van der Waals surface area contributed by atoms with E-state index in [9.17, 15) is 10.1 Å². The number of guanidine groups is 1. The van der Waals surface area contributed by atoms with Crippen molar-refractivity contribution in [2.24, 2.45) is 4.99 Å². The van der Waals surface area contributed by atoms with Crippen LogP contribution < -0.4 is 10.6 Å². The summed E-state index contributed by atoms with van der Waals surface area (Å²) in [5.41, 5.74) is 3.44. The Morgan fingerprint density at radius 2 is 1.97 bits per heavy atom. The Kier molecular flexibility index (Phi) is 9.33. The number of benzene rings is 2. The average Bonchev–Trinajstić information content (AvgIpc) is 3.22. The van der Waals surface area contributed by atoms with E-state index in [1.165, 1.54) is 23.3 Å². The van der Waals surface area contributed by atoms with E-state index in [-0.39, 0.29) is 35.8 Å². The van der Waals surface area contributed by atoms with Gasteiger partial charge in [-0.3, -0.25) is 10.1 Å². The Hall–Kier alpha value is -2.20. The van der Waals surface area contributed by atoms with E-state index in [2.05, 4.69) is 34.7 Å². The first-order valence-corrected chi connectivity index (χ1v) is 9.53. The molecule has 2 aromatic carbocycles. The van der Waals surface area contributed by atoms with Crippen LogP contribution in [0.15, 0.2) is 53.5 Å². The Labute approximate surface area is 188 Å². The molecule has 0 saturated carbocycles. The molecule has 0 spiro atoms. The quantitative estimate of drug-likeness (QED) is 0.194. The number of non-ortho nitro benzene ring substituents is 1. The smallest absolute Gasteiger partial charge is 0.269 e. The summed E-state index contributed by atoms with van der Waals surface area (Å²) < 4.78 is 5.67. The van der Waals surface area contributed by atoms with Gasteiger partial charge in [0.15, 0.2) is 5.96 Å². The van der Waals surface area contributed by atoms with Crippen molar-refractivity contribution in [3.8, 4) is 0 Å². The maximum absolute atomic E-state index is 10.8. The zero-order valence-electron chi connectivity index (χ0n) is 16.5. The van der Waals surface area contributed by atoms with Crippen LogP contribution in [-0.4, -0.2) is 30.1 Å². The molecule has 1 heterocycles. The summed E-state index contributed by atoms with van der Waals surface area (Å²) in [6.45, 7) is 4.72. The molecule has 0 radical (unpaired) electrons. The van der Waals surface area contributed by atoms with Crippen LogP contribution in [-0.2, 0) is 17.8 Å². The number of rotatable bonds is 7. The molecule has 1 atom stereocenters. The second kappa shape index (κ2) is 11.7. The molecule has 1 unspecified atom stereocenters. The SMILES string of the molecule is Cc1ccccc1CNC(=NCc1ccc([N+](=O)[O-])cc1)NCC1CCCO1.I. The van der Waals surface area contributed by atoms with E-state index in [0.717, 1.165) is 25.0 Å². The van der Waals surface area contributed by atoms with Gasteiger partial charge in [0, 0.05) is 31.8 Å². The lowest BCUT2D eigenvalue weighted by molar-refractivity contribution is -0.384. The van der Waals surface area contributed by atoms with Crippen LogP contribution in [0.25, 0.3) is 0 Å². The molecule has 0 amide bonds. The predicted octanol–water partition coefficient (Wildman–Crippen LogP) is 3.94. The number of halogens is 1. The van der Waals surface area contributed by atoms with Gasteiger partial charge >= 0.3 is 0 Å². The van der Waals surface area contributed by atoms with Crippen LogP contribution in [0.4, 0.5) is 5.69 Å². The summed E-state index contributed by atoms with van der Waals surface area (Å²) in [7, 11) is 0. The molecule has 1 saturated heterocycles. The van der Waals surface area contributed by atoms with E-state index in [1.807, 2.05) is 12.1 Å². The lowest BCUT2D eigenvalue weighted by Gasteiger charge is -2.16. The van der Waals surface area contributed by atoms with Crippen LogP contribution in [0.5, 0.6) is 0 Å². The second-order valence-corrected chi connectivity index (χ2v) is 6.88. The fourth-order valence-corrected chi connectivity index (χ4v) is 3.07. The molecule has 29 heavy (non-hydrogen) atoms. The molecule has 1 fully saturated rings. The third-order valence-electron chi connectivity index (χ3n) is 4.80. The van der Waals surface area contributed by atoms with Crippen LogP contribution in [0.1, 0.15) is 29.5 Å². The van der Waals surface area contributed by atoms with E-state index >= 15 is 0 Å². The molecule has 0 aromatic heterocycles. The molecule has 1 aliphatic heterocycles. The van der Waals surface area contributed by atoms with Crippen molar-refractivity contribution in [2.45, 2.75) is 39.0 Å². The van der Waals surface area contributed by atoms with Crippen molar-refractivity contribution < 1.29 is 9.66 Å². The maximum Gasteiger partial charge on any atom is 0.269 e. The monoisotopic (exact) mass is 510 g/mol. The minimum Gasteiger partial charge on any atom is -0.376 e. The molecule has 0 bridgehead atoms. The first-order chi connectivity index (χ1) is 13.6. The van der Waals surface area contributed by atoms with Gasteiger partial charge in [-0.25, -0.2) is 4.99 Å². The van der Waals surface area contributed by atoms with Gasteiger partial charge in [0.05, 0.1) is 17.6 Å². The molecule has 3 rings (SSSR count). The number of aryl methyl sites for hydroxylation is 1. The molecular formula is C21H27IN4O3. The van der Waals surface area contributed by atoms with Gasteiger partial charge in [-0.1, -0.05) is 36.4 Å². The summed E-state index contributed by atoms with van der Waals surface area (Å²) in [5.74, 6) is 0.706. The van der Waals surface area contributed by atoms with Gasteiger partial charge in [-0.15, -0.1) is 24.0 Å². The Morgan fingerprint density at radius 3 is 2.62 bits per heavy atom. The standard InChI is InChI=1S/C21H26N4O3.HI/c1-16-5-2-3-6-18(16)14-23-21(24-15-20-7-4-12-28-20)22-13-17-8-10-19(11-9-17)25(26)27;/h2-3,5-6,8-11,20H,4,7,12-15H2,1H3,(H2,22,23,24);1H. The molecule has 0 aliphatic carbocycles. The average molecular weight is 510 g/mol. The number of ether oxygens (including phenoxy) is 1. The van der Waals surface area contributed by atoms with E-state index in [4.69, 9.17) is 4.74 Å². The lowest BCUT2D eigenvalue weighted by Crippen LogP contribution is -2.41. The van der Waals surface area contributed by atoms with Crippen LogP contribution in [0, 0.1) is 17.0 Å². The highest BCUT2D eigenvalue weighted by Gasteiger charge is 2.15. The van der Waals surface area contributed by atoms with Crippen molar-refractivity contribution in [1.29, 1.82) is 0 Å². The van der Waals surface area contributed by atoms with E-state index in [0.29, 0.717) is 25.6 Å². The topological polar surface area (TPSA) is 88.8 Å². The zero-order chi connectivity index (χ0) is 19.8. The summed E-state index contributed by atoms with van der Waals surface area (Å²) in [6, 6.07) is 14.7. The lowest BCUT2D eigenvalue weighted by atomic mass is 10.1. The number of nitro groups is 1. The number of aliphatic imine (C=N–C) groups is 1. The number of nitrogens with zero attached hydrogens (tertiary/aromatic N) is 2. The minimum absolute atomic E-state index is 0. The highest BCUT2D eigenvalue weighted by atomic mass is 127. The minimum atomic E-state index is -0.397. The highest BCUT2D eigenvalue weighted by Crippen LogP contribution is 2.13. The molecule has 2 aromatic rings. The van der Waals surface area contributed by atoms with E-state index in [1.54, 1.807) is 12.1 Å². The van der Waals surface area contributed by atoms with Crippen LogP contribution >= 0.6 is 24.0 Å². The number of nitro benzene ring substituents is 1. The fourth-order valence-electron chi connectivity index (χ4n) is 3.07. The van der Waals surface area contributed by atoms with Gasteiger partial charge in [-0.05, 0) is 36.5 Å². The first-order valence-electron chi connectivity index (χ1n) is 9.53. The molecule has 8 heteroatoms. The van der Waals surface area contributed by atoms with Gasteiger partial charge in [0.1, 0.15) is 0 Å². The number of hydrogen-bond acceptors (Lipinski definition) is 4. The Balaban J connectivity index is 0.00000300. The summed E-state index contributed by atoms with van der Waals surface area (Å²) in [5, 5.41) is 17.5. The van der Waals surface area contributed by atoms with Crippen molar-refractivity contribution in [3.05, 3.63) is 75.3 Å². The Bertz CT molecular complexity index is 821. The fraction of sp³-hybridized carbons (Fsp3) is 0.381. The molecule has 7 nitrogen and oxygen atoms in total. The summed E-state index contributed by atoms with van der Waals surface area (Å²) in [6.07, 6.45) is 2.36. The molecule has 1 aliphatic rings. The van der Waals surface area contributed by atoms with Crippen molar-refractivity contribution in [2.75, 3.05) is 13.2 Å². The highest BCUT2D eigenvalue weighted by molar-refractivity contribution is 14.0. The maximum atomic E-state index is 10.8. The van der Waals surface area contributed by atoms with Crippen LogP contribution in [0.3, 0.4) is 0 Å². The third kappa shape index (κ3) is 7.28. The van der Waals surface area contributed by atoms with Crippen molar-refractivity contribution >= 4 is 35.6 Å². The molecule has 2 N–H and O–H groups in total. The second-order valence-electron chi connectivity index (χ2n) is 6.88. The normalized spacial score (nSPS) is 16.2. The Morgan fingerprint density at radius 1 is 1.21 bits per heavy atom. The largest absolute Gasteiger partial charge is 0.376 e. The zero-order valence-corrected chi connectivity index (χ0v) is 18.8. The summed E-state index contributed by atoms with van der Waals surface area (Å²) >= 11 is 0.